The number of anilines is 1. The van der Waals surface area contributed by atoms with Crippen molar-refractivity contribution in [3.05, 3.63) is 66.4 Å². The Kier molecular flexibility index (Phi) is 9.35. The smallest absolute Gasteiger partial charge is 0.319 e. The Bertz CT molecular complexity index is 1920. The quantitative estimate of drug-likeness (QED) is 0.164. The zero-order valence-corrected chi connectivity index (χ0v) is 28.1. The number of aromatic nitrogens is 3. The number of amides is 1. The van der Waals surface area contributed by atoms with Crippen LogP contribution in [0.15, 0.2) is 49.2 Å². The fourth-order valence-electron chi connectivity index (χ4n) is 7.31. The lowest BCUT2D eigenvalue weighted by atomic mass is 9.80. The van der Waals surface area contributed by atoms with Gasteiger partial charge < -0.3 is 19.4 Å². The van der Waals surface area contributed by atoms with Crippen LogP contribution in [0.25, 0.3) is 32.9 Å². The van der Waals surface area contributed by atoms with Crippen LogP contribution in [0.3, 0.4) is 0 Å². The van der Waals surface area contributed by atoms with E-state index in [-0.39, 0.29) is 46.2 Å². The van der Waals surface area contributed by atoms with Crippen LogP contribution in [0.2, 0.25) is 0 Å². The molecule has 1 unspecified atom stereocenters. The zero-order valence-electron chi connectivity index (χ0n) is 28.1. The normalized spacial score (nSPS) is 19.9. The van der Waals surface area contributed by atoms with E-state index in [1.165, 1.54) is 12.1 Å². The van der Waals surface area contributed by atoms with E-state index in [0.29, 0.717) is 47.2 Å². The molecule has 6 rings (SSSR count). The van der Waals surface area contributed by atoms with Crippen LogP contribution in [0.5, 0.6) is 6.01 Å². The second-order valence-corrected chi connectivity index (χ2v) is 13.6. The topological polar surface area (TPSA) is 74.7 Å². The molecule has 4 heterocycles. The molecule has 8 nitrogen and oxygen atoms in total. The van der Waals surface area contributed by atoms with Gasteiger partial charge >= 0.3 is 6.01 Å². The molecule has 0 saturated carbocycles. The van der Waals surface area contributed by atoms with Crippen molar-refractivity contribution in [1.82, 2.24) is 24.8 Å². The van der Waals surface area contributed by atoms with E-state index in [4.69, 9.17) is 16.1 Å². The zero-order chi connectivity index (χ0) is 34.2. The van der Waals surface area contributed by atoms with Crippen LogP contribution in [0, 0.1) is 29.4 Å². The van der Waals surface area contributed by atoms with Crippen molar-refractivity contribution >= 4 is 33.4 Å². The number of fused-ring (bicyclic) bond motifs is 2. The largest absolute Gasteiger partial charge is 0.462 e. The highest BCUT2D eigenvalue weighted by atomic mass is 19.1. The lowest BCUT2D eigenvalue weighted by molar-refractivity contribution is -0.128. The van der Waals surface area contributed by atoms with E-state index in [0.717, 1.165) is 38.6 Å². The second kappa shape index (κ2) is 13.5. The predicted octanol–water partition coefficient (Wildman–Crippen LogP) is 6.61. The molecule has 2 atom stereocenters. The summed E-state index contributed by atoms with van der Waals surface area (Å²) in [5, 5.41) is 1.49. The maximum Gasteiger partial charge on any atom is 0.319 e. The predicted molar refractivity (Wildman–Crippen MR) is 186 cm³/mol. The number of rotatable bonds is 7. The Hall–Kier alpha value is -4.62. The van der Waals surface area contributed by atoms with Gasteiger partial charge in [-0.25, -0.2) is 8.78 Å². The Morgan fingerprint density at radius 1 is 1.19 bits per heavy atom. The summed E-state index contributed by atoms with van der Waals surface area (Å²) in [5.41, 5.74) is 0.259. The van der Waals surface area contributed by atoms with Crippen molar-refractivity contribution in [3.63, 3.8) is 0 Å². The number of pyridine rings is 1. The molecule has 0 aliphatic carbocycles. The van der Waals surface area contributed by atoms with Gasteiger partial charge in [0.2, 0.25) is 5.91 Å². The molecule has 2 fully saturated rings. The SMILES string of the molecule is C#Cc1c(F)ccc2cccc(-c3ncc4c(N5CCCC(C)(C)C(N(C)C(=O)C=C)C5)nc(OC[C@@H]5CCCCN5C)nc4c3F)c12. The number of carbonyl (C=O) groups excluding carboxylic acids is 1. The third kappa shape index (κ3) is 6.19. The van der Waals surface area contributed by atoms with Crippen molar-refractivity contribution in [2.45, 2.75) is 58.0 Å². The van der Waals surface area contributed by atoms with Gasteiger partial charge in [-0.3, -0.25) is 9.78 Å². The van der Waals surface area contributed by atoms with E-state index < -0.39 is 11.6 Å². The van der Waals surface area contributed by atoms with Gasteiger partial charge in [-0.05, 0) is 62.2 Å². The fourth-order valence-corrected chi connectivity index (χ4v) is 7.31. The molecule has 2 aromatic heterocycles. The number of likely N-dealkylation sites (tertiary alicyclic amines) is 1. The number of carbonyl (C=O) groups is 1. The first-order valence-electron chi connectivity index (χ1n) is 16.6. The molecule has 0 N–H and O–H groups in total. The number of ether oxygens (including phenoxy) is 1. The molecule has 0 radical (unpaired) electrons. The average Bonchev–Trinajstić information content (AvgIpc) is 3.24. The molecular weight excluding hydrogens is 610 g/mol. The molecule has 48 heavy (non-hydrogen) atoms. The summed E-state index contributed by atoms with van der Waals surface area (Å²) in [6.07, 6.45) is 13.6. The third-order valence-electron chi connectivity index (χ3n) is 10.2. The van der Waals surface area contributed by atoms with Crippen molar-refractivity contribution in [2.75, 3.05) is 45.2 Å². The van der Waals surface area contributed by atoms with Gasteiger partial charge in [0.25, 0.3) is 0 Å². The number of hydrogen-bond acceptors (Lipinski definition) is 7. The van der Waals surface area contributed by atoms with E-state index in [1.54, 1.807) is 42.4 Å². The highest BCUT2D eigenvalue weighted by Gasteiger charge is 2.38. The molecule has 250 valence electrons. The van der Waals surface area contributed by atoms with Gasteiger partial charge in [0.1, 0.15) is 29.5 Å². The summed E-state index contributed by atoms with van der Waals surface area (Å²) < 4.78 is 38.0. The first-order chi connectivity index (χ1) is 23.0. The Labute approximate surface area is 280 Å². The summed E-state index contributed by atoms with van der Waals surface area (Å²) in [4.78, 5) is 33.0. The molecule has 2 aliphatic rings. The van der Waals surface area contributed by atoms with Gasteiger partial charge in [-0.15, -0.1) is 6.42 Å². The molecule has 2 aliphatic heterocycles. The highest BCUT2D eigenvalue weighted by molar-refractivity contribution is 6.02. The third-order valence-corrected chi connectivity index (χ3v) is 10.2. The minimum atomic E-state index is -0.679. The van der Waals surface area contributed by atoms with E-state index in [2.05, 4.69) is 53.2 Å². The van der Waals surface area contributed by atoms with Crippen LogP contribution in [-0.2, 0) is 4.79 Å². The second-order valence-electron chi connectivity index (χ2n) is 13.6. The standard InChI is InChI=1S/C38H42F2N6O2/c1-7-26-29(39)17-16-24-13-11-15-27(32(24)26)34-33(40)35-28(21-41-34)36(43-37(42-35)48-23-25-14-9-10-19-44(25)5)46-20-12-18-38(3,4)30(22-46)45(6)31(47)8-2/h1,8,11,13,15-17,21,25,30H,2,9-10,12,14,18-20,22-23H2,3-6H3/t25-,30?/m0/s1. The number of halogens is 2. The maximum absolute atomic E-state index is 16.9. The molecule has 10 heteroatoms. The summed E-state index contributed by atoms with van der Waals surface area (Å²) in [7, 11) is 3.87. The minimum absolute atomic E-state index is 0.00371. The van der Waals surface area contributed by atoms with Gasteiger partial charge in [0.15, 0.2) is 5.82 Å². The Balaban J connectivity index is 1.50. The van der Waals surface area contributed by atoms with Crippen molar-refractivity contribution in [1.29, 1.82) is 0 Å². The molecule has 1 amide bonds. The molecule has 2 aromatic carbocycles. The number of benzene rings is 2. The maximum atomic E-state index is 16.9. The van der Waals surface area contributed by atoms with Crippen molar-refractivity contribution in [3.8, 4) is 29.6 Å². The molecular formula is C38H42F2N6O2. The van der Waals surface area contributed by atoms with Crippen molar-refractivity contribution in [2.24, 2.45) is 5.41 Å². The minimum Gasteiger partial charge on any atom is -0.462 e. The van der Waals surface area contributed by atoms with Gasteiger partial charge in [0.05, 0.1) is 17.0 Å². The molecule has 2 saturated heterocycles. The first-order valence-corrected chi connectivity index (χ1v) is 16.6. The van der Waals surface area contributed by atoms with Crippen LogP contribution in [0.4, 0.5) is 14.6 Å². The van der Waals surface area contributed by atoms with Crippen LogP contribution in [0.1, 0.15) is 51.5 Å². The van der Waals surface area contributed by atoms with E-state index >= 15 is 4.39 Å². The lowest BCUT2D eigenvalue weighted by Crippen LogP contribution is -2.50. The summed E-state index contributed by atoms with van der Waals surface area (Å²) in [6.45, 7) is 10.4. The molecule has 4 aromatic rings. The number of likely N-dealkylation sites (N-methyl/N-ethyl adjacent to an activating group) is 2. The van der Waals surface area contributed by atoms with Gasteiger partial charge in [-0.1, -0.05) is 57.0 Å². The number of terminal acetylenes is 1. The van der Waals surface area contributed by atoms with Gasteiger partial charge in [0, 0.05) is 43.3 Å². The number of nitrogens with zero attached hydrogens (tertiary/aromatic N) is 6. The van der Waals surface area contributed by atoms with E-state index in [9.17, 15) is 9.18 Å². The first kappa shape index (κ1) is 33.3. The van der Waals surface area contributed by atoms with Crippen LogP contribution < -0.4 is 9.64 Å². The molecule has 0 spiro atoms. The lowest BCUT2D eigenvalue weighted by Gasteiger charge is -2.40. The fraction of sp³-hybridized carbons (Fsp3) is 0.421. The Morgan fingerprint density at radius 3 is 2.75 bits per heavy atom. The Morgan fingerprint density at radius 2 is 2.00 bits per heavy atom. The van der Waals surface area contributed by atoms with Crippen LogP contribution >= 0.6 is 0 Å². The van der Waals surface area contributed by atoms with Crippen molar-refractivity contribution < 1.29 is 18.3 Å². The number of hydrogen-bond donors (Lipinski definition) is 0. The van der Waals surface area contributed by atoms with E-state index in [1.807, 2.05) is 0 Å². The number of piperidine rings is 1. The van der Waals surface area contributed by atoms with Gasteiger partial charge in [-0.2, -0.15) is 9.97 Å². The summed E-state index contributed by atoms with van der Waals surface area (Å²) in [6, 6.07) is 8.26. The highest BCUT2D eigenvalue weighted by Crippen LogP contribution is 2.39. The molecule has 0 bridgehead atoms. The average molecular weight is 653 g/mol. The summed E-state index contributed by atoms with van der Waals surface area (Å²) in [5.74, 6) is 1.51. The van der Waals surface area contributed by atoms with Crippen LogP contribution in [-0.4, -0.2) is 83.1 Å². The summed E-state index contributed by atoms with van der Waals surface area (Å²) >= 11 is 0. The monoisotopic (exact) mass is 652 g/mol.